The summed E-state index contributed by atoms with van der Waals surface area (Å²) in [5, 5.41) is -0.165. The standard InChI is InChI=1S/C29H29N3O5S/c1-29(2,3)37-28(36)31-30-25(33)23(32-26(34)21-16-10-11-17-22(21)27(32)35)18-38-24(19-12-6-4-7-13-19)20-14-8-5-9-15-20/h4-17,23-24H,18H2,1-3H3,(H,30,33)(H,31,36). The summed E-state index contributed by atoms with van der Waals surface area (Å²) in [7, 11) is 0. The van der Waals surface area contributed by atoms with Crippen LogP contribution in [0, 0.1) is 0 Å². The molecule has 1 heterocycles. The minimum atomic E-state index is -1.20. The zero-order valence-corrected chi connectivity index (χ0v) is 22.2. The largest absolute Gasteiger partial charge is 0.443 e. The topological polar surface area (TPSA) is 105 Å². The van der Waals surface area contributed by atoms with E-state index in [2.05, 4.69) is 10.9 Å². The normalized spacial score (nSPS) is 13.7. The summed E-state index contributed by atoms with van der Waals surface area (Å²) in [5.74, 6) is -1.74. The molecule has 196 valence electrons. The Kier molecular flexibility index (Phi) is 8.16. The minimum Gasteiger partial charge on any atom is -0.443 e. The van der Waals surface area contributed by atoms with Gasteiger partial charge < -0.3 is 4.74 Å². The van der Waals surface area contributed by atoms with E-state index in [-0.39, 0.29) is 22.1 Å². The van der Waals surface area contributed by atoms with Crippen LogP contribution in [0.3, 0.4) is 0 Å². The van der Waals surface area contributed by atoms with E-state index in [0.717, 1.165) is 16.0 Å². The predicted molar refractivity (Wildman–Crippen MR) is 145 cm³/mol. The monoisotopic (exact) mass is 531 g/mol. The third-order valence-corrected chi connectivity index (χ3v) is 7.14. The van der Waals surface area contributed by atoms with Gasteiger partial charge in [-0.2, -0.15) is 0 Å². The summed E-state index contributed by atoms with van der Waals surface area (Å²) in [4.78, 5) is 53.0. The Morgan fingerprint density at radius 3 is 1.74 bits per heavy atom. The van der Waals surface area contributed by atoms with Crippen LogP contribution in [0.4, 0.5) is 4.79 Å². The Morgan fingerprint density at radius 2 is 1.26 bits per heavy atom. The molecule has 0 saturated carbocycles. The lowest BCUT2D eigenvalue weighted by Gasteiger charge is -2.27. The third-order valence-electron chi connectivity index (χ3n) is 5.75. The highest BCUT2D eigenvalue weighted by atomic mass is 32.2. The smallest absolute Gasteiger partial charge is 0.426 e. The molecule has 1 aliphatic rings. The summed E-state index contributed by atoms with van der Waals surface area (Å²) in [6.07, 6.45) is -0.855. The molecule has 3 aromatic rings. The quantitative estimate of drug-likeness (QED) is 0.337. The zero-order chi connectivity index (χ0) is 27.3. The van der Waals surface area contributed by atoms with E-state index in [4.69, 9.17) is 4.74 Å². The van der Waals surface area contributed by atoms with Gasteiger partial charge in [0.1, 0.15) is 11.6 Å². The summed E-state index contributed by atoms with van der Waals surface area (Å²) >= 11 is 1.43. The number of nitrogens with one attached hydrogen (secondary N) is 2. The predicted octanol–water partition coefficient (Wildman–Crippen LogP) is 4.73. The number of thioether (sulfide) groups is 1. The van der Waals surface area contributed by atoms with Gasteiger partial charge >= 0.3 is 6.09 Å². The first-order chi connectivity index (χ1) is 18.2. The fraction of sp³-hybridized carbons (Fsp3) is 0.241. The van der Waals surface area contributed by atoms with Gasteiger partial charge in [-0.3, -0.25) is 24.7 Å². The maximum absolute atomic E-state index is 13.4. The van der Waals surface area contributed by atoms with Crippen LogP contribution in [-0.2, 0) is 9.53 Å². The maximum atomic E-state index is 13.4. The van der Waals surface area contributed by atoms with Crippen LogP contribution >= 0.6 is 11.8 Å². The van der Waals surface area contributed by atoms with Crippen molar-refractivity contribution in [2.24, 2.45) is 0 Å². The van der Waals surface area contributed by atoms with Crippen molar-refractivity contribution in [1.82, 2.24) is 15.8 Å². The van der Waals surface area contributed by atoms with Gasteiger partial charge in [0, 0.05) is 5.75 Å². The lowest BCUT2D eigenvalue weighted by atomic mass is 10.0. The Hall–Kier alpha value is -4.11. The summed E-state index contributed by atoms with van der Waals surface area (Å²) < 4.78 is 5.18. The number of benzene rings is 3. The number of hydrazine groups is 1. The molecule has 3 aromatic carbocycles. The van der Waals surface area contributed by atoms with Crippen molar-refractivity contribution in [2.75, 3.05) is 5.75 Å². The van der Waals surface area contributed by atoms with Crippen molar-refractivity contribution in [2.45, 2.75) is 37.7 Å². The van der Waals surface area contributed by atoms with Gasteiger partial charge in [-0.25, -0.2) is 10.2 Å². The maximum Gasteiger partial charge on any atom is 0.426 e. The molecule has 38 heavy (non-hydrogen) atoms. The van der Waals surface area contributed by atoms with Crippen LogP contribution in [0.25, 0.3) is 0 Å². The summed E-state index contributed by atoms with van der Waals surface area (Å²) in [5.41, 5.74) is 6.28. The second kappa shape index (κ2) is 11.5. The van der Waals surface area contributed by atoms with Crippen molar-refractivity contribution >= 4 is 35.6 Å². The molecule has 0 bridgehead atoms. The second-order valence-corrected chi connectivity index (χ2v) is 10.8. The molecule has 0 spiro atoms. The molecule has 1 atom stereocenters. The number of imide groups is 1. The molecule has 2 N–H and O–H groups in total. The highest BCUT2D eigenvalue weighted by molar-refractivity contribution is 7.99. The second-order valence-electron chi connectivity index (χ2n) is 9.69. The fourth-order valence-corrected chi connectivity index (χ4v) is 5.46. The molecule has 4 rings (SSSR count). The van der Waals surface area contributed by atoms with Crippen LogP contribution in [0.5, 0.6) is 0 Å². The number of fused-ring (bicyclic) bond motifs is 1. The molecule has 1 aliphatic heterocycles. The van der Waals surface area contributed by atoms with E-state index >= 15 is 0 Å². The van der Waals surface area contributed by atoms with Crippen molar-refractivity contribution in [3.05, 3.63) is 107 Å². The van der Waals surface area contributed by atoms with Crippen LogP contribution < -0.4 is 10.9 Å². The van der Waals surface area contributed by atoms with Gasteiger partial charge in [-0.15, -0.1) is 11.8 Å². The average Bonchev–Trinajstić information content (AvgIpc) is 3.15. The zero-order valence-electron chi connectivity index (χ0n) is 21.3. The third kappa shape index (κ3) is 6.23. The fourth-order valence-electron chi connectivity index (χ4n) is 4.09. The van der Waals surface area contributed by atoms with Gasteiger partial charge in [0.25, 0.3) is 17.7 Å². The number of nitrogens with zero attached hydrogens (tertiary/aromatic N) is 1. The molecule has 0 aromatic heterocycles. The molecule has 4 amide bonds. The lowest BCUT2D eigenvalue weighted by molar-refractivity contribution is -0.125. The van der Waals surface area contributed by atoms with Crippen molar-refractivity contribution in [3.63, 3.8) is 0 Å². The molecular formula is C29H29N3O5S. The molecule has 0 fully saturated rings. The van der Waals surface area contributed by atoms with Gasteiger partial charge in [-0.1, -0.05) is 72.8 Å². The van der Waals surface area contributed by atoms with Crippen LogP contribution in [-0.4, -0.2) is 46.1 Å². The van der Waals surface area contributed by atoms with Gasteiger partial charge in [-0.05, 0) is 44.0 Å². The van der Waals surface area contributed by atoms with Crippen LogP contribution in [0.1, 0.15) is 57.9 Å². The molecular weight excluding hydrogens is 502 g/mol. The van der Waals surface area contributed by atoms with Crippen molar-refractivity contribution < 1.29 is 23.9 Å². The van der Waals surface area contributed by atoms with E-state index in [0.29, 0.717) is 0 Å². The minimum absolute atomic E-state index is 0.0851. The van der Waals surface area contributed by atoms with Crippen molar-refractivity contribution in [3.8, 4) is 0 Å². The van der Waals surface area contributed by atoms with E-state index in [9.17, 15) is 19.2 Å². The number of hydrogen-bond acceptors (Lipinski definition) is 6. The Bertz CT molecular complexity index is 1250. The van der Waals surface area contributed by atoms with E-state index in [1.165, 1.54) is 11.8 Å². The average molecular weight is 532 g/mol. The number of carbonyl (C=O) groups excluding carboxylic acids is 4. The Morgan fingerprint density at radius 1 is 0.789 bits per heavy atom. The number of hydrogen-bond donors (Lipinski definition) is 2. The first-order valence-electron chi connectivity index (χ1n) is 12.1. The van der Waals surface area contributed by atoms with E-state index in [1.54, 1.807) is 45.0 Å². The number of ether oxygens (including phenoxy) is 1. The first-order valence-corrected chi connectivity index (χ1v) is 13.2. The van der Waals surface area contributed by atoms with Crippen molar-refractivity contribution in [1.29, 1.82) is 0 Å². The summed E-state index contributed by atoms with van der Waals surface area (Å²) in [6, 6.07) is 24.8. The molecule has 0 radical (unpaired) electrons. The molecule has 0 saturated heterocycles. The van der Waals surface area contributed by atoms with Crippen LogP contribution in [0.2, 0.25) is 0 Å². The molecule has 0 aliphatic carbocycles. The lowest BCUT2D eigenvalue weighted by Crippen LogP contribution is -2.55. The highest BCUT2D eigenvalue weighted by Gasteiger charge is 2.43. The number of carbonyl (C=O) groups is 4. The van der Waals surface area contributed by atoms with Crippen LogP contribution in [0.15, 0.2) is 84.9 Å². The Labute approximate surface area is 225 Å². The van der Waals surface area contributed by atoms with Gasteiger partial charge in [0.15, 0.2) is 0 Å². The van der Waals surface area contributed by atoms with E-state index in [1.807, 2.05) is 60.7 Å². The SMILES string of the molecule is CC(C)(C)OC(=O)NNC(=O)C(CSC(c1ccccc1)c1ccccc1)N1C(=O)c2ccccc2C1=O. The molecule has 8 nitrogen and oxygen atoms in total. The highest BCUT2D eigenvalue weighted by Crippen LogP contribution is 2.37. The molecule has 1 unspecified atom stereocenters. The number of amides is 4. The Balaban J connectivity index is 1.60. The van der Waals surface area contributed by atoms with E-state index < -0.39 is 35.5 Å². The number of rotatable bonds is 7. The van der Waals surface area contributed by atoms with Gasteiger partial charge in [0.2, 0.25) is 0 Å². The first kappa shape index (κ1) is 26.9. The van der Waals surface area contributed by atoms with Gasteiger partial charge in [0.05, 0.1) is 16.4 Å². The molecule has 9 heteroatoms. The summed E-state index contributed by atoms with van der Waals surface area (Å²) in [6.45, 7) is 5.08.